The smallest absolute Gasteiger partial charge is 0.121 e. The van der Waals surface area contributed by atoms with E-state index in [-0.39, 0.29) is 5.38 Å². The number of halogens is 3. The van der Waals surface area contributed by atoms with E-state index in [9.17, 15) is 0 Å². The lowest BCUT2D eigenvalue weighted by atomic mass is 10.0. The fraction of sp³-hybridized carbons (Fsp3) is 0.200. The van der Waals surface area contributed by atoms with Gasteiger partial charge in [0, 0.05) is 10.0 Å². The summed E-state index contributed by atoms with van der Waals surface area (Å²) < 4.78 is 5.24. The van der Waals surface area contributed by atoms with Crippen LogP contribution in [-0.2, 0) is 0 Å². The third-order valence-electron chi connectivity index (χ3n) is 2.95. The zero-order valence-corrected chi connectivity index (χ0v) is 12.9. The molecule has 0 aliphatic rings. The first-order valence-corrected chi connectivity index (χ1v) is 6.95. The van der Waals surface area contributed by atoms with E-state index in [0.29, 0.717) is 10.0 Å². The third kappa shape index (κ3) is 3.17. The summed E-state index contributed by atoms with van der Waals surface area (Å²) >= 11 is 18.6. The highest BCUT2D eigenvalue weighted by Gasteiger charge is 2.15. The average molecular weight is 316 g/mol. The number of alkyl halides is 1. The van der Waals surface area contributed by atoms with Gasteiger partial charge in [-0.25, -0.2) is 0 Å². The van der Waals surface area contributed by atoms with Crippen molar-refractivity contribution < 1.29 is 4.74 Å². The molecule has 4 heteroatoms. The Morgan fingerprint density at radius 3 is 2.37 bits per heavy atom. The number of methoxy groups -OCH3 is 1. The van der Waals surface area contributed by atoms with Gasteiger partial charge in [-0.3, -0.25) is 0 Å². The van der Waals surface area contributed by atoms with Gasteiger partial charge in [0.1, 0.15) is 5.75 Å². The van der Waals surface area contributed by atoms with E-state index < -0.39 is 0 Å². The summed E-state index contributed by atoms with van der Waals surface area (Å²) in [6.07, 6.45) is 0. The molecule has 0 amide bonds. The Bertz CT molecular complexity index is 596. The van der Waals surface area contributed by atoms with Gasteiger partial charge < -0.3 is 4.74 Å². The van der Waals surface area contributed by atoms with Crippen LogP contribution in [0.15, 0.2) is 36.4 Å². The van der Waals surface area contributed by atoms with Crippen LogP contribution in [0.4, 0.5) is 0 Å². The molecule has 2 aromatic carbocycles. The van der Waals surface area contributed by atoms with E-state index in [4.69, 9.17) is 39.5 Å². The predicted molar refractivity (Wildman–Crippen MR) is 81.9 cm³/mol. The summed E-state index contributed by atoms with van der Waals surface area (Å²) in [5, 5.41) is 0.860. The Kier molecular flexibility index (Phi) is 4.62. The first-order chi connectivity index (χ1) is 9.02. The Hall–Kier alpha value is -0.890. The highest BCUT2D eigenvalue weighted by Crippen LogP contribution is 2.36. The fourth-order valence-corrected chi connectivity index (χ4v) is 2.85. The van der Waals surface area contributed by atoms with Gasteiger partial charge >= 0.3 is 0 Å². The Morgan fingerprint density at radius 2 is 1.79 bits per heavy atom. The molecule has 19 heavy (non-hydrogen) atoms. The maximum Gasteiger partial charge on any atom is 0.121 e. The number of ether oxygens (including phenoxy) is 1. The zero-order valence-electron chi connectivity index (χ0n) is 10.6. The third-order valence-corrected chi connectivity index (χ3v) is 4.00. The molecule has 0 saturated carbocycles. The highest BCUT2D eigenvalue weighted by atomic mass is 35.5. The van der Waals surface area contributed by atoms with Crippen LogP contribution < -0.4 is 4.74 Å². The molecule has 0 aliphatic heterocycles. The van der Waals surface area contributed by atoms with E-state index in [2.05, 4.69) is 0 Å². The van der Waals surface area contributed by atoms with Crippen LogP contribution in [0.5, 0.6) is 5.75 Å². The summed E-state index contributed by atoms with van der Waals surface area (Å²) in [4.78, 5) is 0. The molecule has 2 rings (SSSR count). The van der Waals surface area contributed by atoms with Crippen molar-refractivity contribution in [2.75, 3.05) is 7.11 Å². The molecule has 1 unspecified atom stereocenters. The molecule has 2 aromatic rings. The number of aryl methyl sites for hydroxylation is 1. The summed E-state index contributed by atoms with van der Waals surface area (Å²) in [5.74, 6) is 0.842. The van der Waals surface area contributed by atoms with E-state index in [0.717, 1.165) is 22.4 Å². The molecule has 0 N–H and O–H groups in total. The van der Waals surface area contributed by atoms with Crippen LogP contribution in [0.3, 0.4) is 0 Å². The summed E-state index contributed by atoms with van der Waals surface area (Å²) in [5.41, 5.74) is 2.86. The van der Waals surface area contributed by atoms with Crippen LogP contribution in [0, 0.1) is 6.92 Å². The van der Waals surface area contributed by atoms with Crippen molar-refractivity contribution in [3.63, 3.8) is 0 Å². The molecule has 1 atom stereocenters. The minimum atomic E-state index is -0.311. The topological polar surface area (TPSA) is 9.23 Å². The van der Waals surface area contributed by atoms with Crippen molar-refractivity contribution in [3.05, 3.63) is 63.1 Å². The maximum atomic E-state index is 6.49. The molecule has 1 nitrogen and oxygen atoms in total. The Labute approximate surface area is 128 Å². The van der Waals surface area contributed by atoms with Crippen LogP contribution in [-0.4, -0.2) is 7.11 Å². The second kappa shape index (κ2) is 6.04. The SMILES string of the molecule is COc1ccc(C(Cl)c2ccc(Cl)cc2Cl)cc1C. The van der Waals surface area contributed by atoms with Gasteiger partial charge in [0.2, 0.25) is 0 Å². The molecule has 0 heterocycles. The molecule has 0 aromatic heterocycles. The summed E-state index contributed by atoms with van der Waals surface area (Å²) in [6, 6.07) is 11.2. The lowest BCUT2D eigenvalue weighted by Gasteiger charge is -2.14. The quantitative estimate of drug-likeness (QED) is 0.666. The van der Waals surface area contributed by atoms with E-state index >= 15 is 0 Å². The number of rotatable bonds is 3. The van der Waals surface area contributed by atoms with Crippen LogP contribution in [0.25, 0.3) is 0 Å². The molecule has 0 fully saturated rings. The highest BCUT2D eigenvalue weighted by molar-refractivity contribution is 6.36. The normalized spacial score (nSPS) is 12.3. The lowest BCUT2D eigenvalue weighted by Crippen LogP contribution is -1.96. The Balaban J connectivity index is 2.38. The monoisotopic (exact) mass is 314 g/mol. The molecule has 0 bridgehead atoms. The first kappa shape index (κ1) is 14.5. The molecule has 0 radical (unpaired) electrons. The van der Waals surface area contributed by atoms with Gasteiger partial charge in [0.05, 0.1) is 12.5 Å². The first-order valence-electron chi connectivity index (χ1n) is 5.76. The van der Waals surface area contributed by atoms with Gasteiger partial charge in [0.25, 0.3) is 0 Å². The largest absolute Gasteiger partial charge is 0.496 e. The Morgan fingerprint density at radius 1 is 1.05 bits per heavy atom. The minimum absolute atomic E-state index is 0.311. The van der Waals surface area contributed by atoms with Crippen LogP contribution in [0.1, 0.15) is 22.1 Å². The molecule has 100 valence electrons. The zero-order chi connectivity index (χ0) is 14.0. The maximum absolute atomic E-state index is 6.49. The van der Waals surface area contributed by atoms with Crippen molar-refractivity contribution in [1.29, 1.82) is 0 Å². The van der Waals surface area contributed by atoms with E-state index in [1.54, 1.807) is 19.2 Å². The van der Waals surface area contributed by atoms with Crippen molar-refractivity contribution in [1.82, 2.24) is 0 Å². The fourth-order valence-electron chi connectivity index (χ4n) is 1.95. The molecule has 0 saturated heterocycles. The number of hydrogen-bond acceptors (Lipinski definition) is 1. The summed E-state index contributed by atoms with van der Waals surface area (Å²) in [6.45, 7) is 1.98. The van der Waals surface area contributed by atoms with Crippen LogP contribution in [0.2, 0.25) is 10.0 Å². The second-order valence-electron chi connectivity index (χ2n) is 4.26. The number of hydrogen-bond donors (Lipinski definition) is 0. The van der Waals surface area contributed by atoms with Crippen molar-refractivity contribution >= 4 is 34.8 Å². The number of benzene rings is 2. The molecule has 0 aliphatic carbocycles. The van der Waals surface area contributed by atoms with E-state index in [1.165, 1.54) is 0 Å². The van der Waals surface area contributed by atoms with Crippen molar-refractivity contribution in [2.24, 2.45) is 0 Å². The van der Waals surface area contributed by atoms with E-state index in [1.807, 2.05) is 31.2 Å². The predicted octanol–water partition coefficient (Wildman–Crippen LogP) is 5.64. The van der Waals surface area contributed by atoms with Crippen molar-refractivity contribution in [3.8, 4) is 5.75 Å². The minimum Gasteiger partial charge on any atom is -0.496 e. The molecular formula is C15H13Cl3O. The van der Waals surface area contributed by atoms with Crippen LogP contribution >= 0.6 is 34.8 Å². The molecular weight excluding hydrogens is 303 g/mol. The lowest BCUT2D eigenvalue weighted by molar-refractivity contribution is 0.411. The standard InChI is InChI=1S/C15H13Cl3O/c1-9-7-10(3-6-14(9)19-2)15(18)12-5-4-11(16)8-13(12)17/h3-8,15H,1-2H3. The van der Waals surface area contributed by atoms with Gasteiger partial charge in [-0.15, -0.1) is 11.6 Å². The summed E-state index contributed by atoms with van der Waals surface area (Å²) in [7, 11) is 1.65. The van der Waals surface area contributed by atoms with Gasteiger partial charge in [-0.2, -0.15) is 0 Å². The molecule has 0 spiro atoms. The van der Waals surface area contributed by atoms with Crippen molar-refractivity contribution in [2.45, 2.75) is 12.3 Å². The second-order valence-corrected chi connectivity index (χ2v) is 5.54. The van der Waals surface area contributed by atoms with Gasteiger partial charge in [0.15, 0.2) is 0 Å². The van der Waals surface area contributed by atoms with Gasteiger partial charge in [-0.1, -0.05) is 41.4 Å². The van der Waals surface area contributed by atoms with Gasteiger partial charge in [-0.05, 0) is 41.8 Å². The average Bonchev–Trinajstić information content (AvgIpc) is 2.38.